The molecule has 1 nitrogen and oxygen atoms in total. The third-order valence-corrected chi connectivity index (χ3v) is 4.14. The minimum Gasteiger partial charge on any atom is -0.294 e. The van der Waals surface area contributed by atoms with Crippen molar-refractivity contribution < 1.29 is 13.2 Å². The first-order valence-electron chi connectivity index (χ1n) is 7.39. The Balaban J connectivity index is 1.68. The molecule has 116 valence electrons. The zero-order chi connectivity index (χ0) is 15.7. The van der Waals surface area contributed by atoms with Crippen molar-refractivity contribution in [2.75, 3.05) is 6.54 Å². The van der Waals surface area contributed by atoms with Crippen molar-refractivity contribution in [2.45, 2.75) is 32.6 Å². The molecule has 0 spiro atoms. The van der Waals surface area contributed by atoms with Crippen LogP contribution in [-0.4, -0.2) is 11.4 Å². The molecule has 0 unspecified atom stereocenters. The quantitative estimate of drug-likeness (QED) is 0.785. The predicted molar refractivity (Wildman–Crippen MR) is 80.4 cm³/mol. The lowest BCUT2D eigenvalue weighted by Gasteiger charge is -2.29. The van der Waals surface area contributed by atoms with E-state index in [9.17, 15) is 13.2 Å². The molecule has 0 saturated carbocycles. The lowest BCUT2D eigenvalue weighted by atomic mass is 9.97. The summed E-state index contributed by atoms with van der Waals surface area (Å²) in [7, 11) is 0. The fourth-order valence-electron chi connectivity index (χ4n) is 2.93. The van der Waals surface area contributed by atoms with Gasteiger partial charge in [-0.2, -0.15) is 13.2 Å². The van der Waals surface area contributed by atoms with Gasteiger partial charge in [-0.05, 0) is 42.2 Å². The Morgan fingerprint density at radius 1 is 1.00 bits per heavy atom. The van der Waals surface area contributed by atoms with Crippen LogP contribution in [-0.2, 0) is 25.7 Å². The molecule has 0 amide bonds. The molecular formula is C18H18F3N. The molecule has 1 aliphatic rings. The second-order valence-corrected chi connectivity index (χ2v) is 5.93. The molecule has 0 aromatic heterocycles. The van der Waals surface area contributed by atoms with Crippen molar-refractivity contribution in [1.82, 2.24) is 4.90 Å². The highest BCUT2D eigenvalue weighted by Crippen LogP contribution is 2.29. The Bertz CT molecular complexity index is 659. The summed E-state index contributed by atoms with van der Waals surface area (Å²) in [4.78, 5) is 2.28. The number of halogens is 3. The molecule has 0 aliphatic carbocycles. The van der Waals surface area contributed by atoms with Crippen molar-refractivity contribution in [3.8, 4) is 0 Å². The van der Waals surface area contributed by atoms with E-state index in [1.54, 1.807) is 12.1 Å². The fourth-order valence-corrected chi connectivity index (χ4v) is 2.93. The van der Waals surface area contributed by atoms with E-state index >= 15 is 0 Å². The second kappa shape index (κ2) is 5.76. The van der Waals surface area contributed by atoms with Gasteiger partial charge in [-0.15, -0.1) is 0 Å². The van der Waals surface area contributed by atoms with Crippen LogP contribution in [0.4, 0.5) is 13.2 Å². The minimum absolute atomic E-state index is 0.587. The number of nitrogens with zero attached hydrogens (tertiary/aromatic N) is 1. The van der Waals surface area contributed by atoms with E-state index in [0.717, 1.165) is 37.2 Å². The van der Waals surface area contributed by atoms with Crippen LogP contribution in [0.25, 0.3) is 0 Å². The van der Waals surface area contributed by atoms with Gasteiger partial charge in [-0.3, -0.25) is 4.90 Å². The minimum atomic E-state index is -4.26. The first-order valence-corrected chi connectivity index (χ1v) is 7.39. The highest BCUT2D eigenvalue weighted by molar-refractivity contribution is 5.33. The van der Waals surface area contributed by atoms with Crippen molar-refractivity contribution in [2.24, 2.45) is 0 Å². The summed E-state index contributed by atoms with van der Waals surface area (Å²) in [5, 5.41) is 0. The zero-order valence-corrected chi connectivity index (χ0v) is 12.5. The molecule has 0 atom stereocenters. The van der Waals surface area contributed by atoms with Gasteiger partial charge >= 0.3 is 6.18 Å². The second-order valence-electron chi connectivity index (χ2n) is 5.93. The highest BCUT2D eigenvalue weighted by atomic mass is 19.4. The van der Waals surface area contributed by atoms with E-state index in [1.807, 2.05) is 0 Å². The van der Waals surface area contributed by atoms with E-state index in [4.69, 9.17) is 0 Å². The Labute approximate surface area is 128 Å². The molecule has 22 heavy (non-hydrogen) atoms. The van der Waals surface area contributed by atoms with Crippen LogP contribution < -0.4 is 0 Å². The van der Waals surface area contributed by atoms with E-state index < -0.39 is 11.7 Å². The maximum Gasteiger partial charge on any atom is 0.416 e. The number of benzene rings is 2. The zero-order valence-electron chi connectivity index (χ0n) is 12.5. The summed E-state index contributed by atoms with van der Waals surface area (Å²) < 4.78 is 37.7. The Kier molecular flexibility index (Phi) is 3.96. The topological polar surface area (TPSA) is 3.24 Å². The van der Waals surface area contributed by atoms with Crippen LogP contribution in [0.2, 0.25) is 0 Å². The lowest BCUT2D eigenvalue weighted by Crippen LogP contribution is -2.30. The van der Waals surface area contributed by atoms with Gasteiger partial charge in [0.05, 0.1) is 5.56 Å². The van der Waals surface area contributed by atoms with Crippen molar-refractivity contribution in [1.29, 1.82) is 0 Å². The summed E-state index contributed by atoms with van der Waals surface area (Å²) in [5.74, 6) is 0. The molecule has 0 radical (unpaired) electrons. The molecule has 1 aliphatic heterocycles. The Morgan fingerprint density at radius 3 is 2.41 bits per heavy atom. The van der Waals surface area contributed by atoms with E-state index in [0.29, 0.717) is 6.54 Å². The number of fused-ring (bicyclic) bond motifs is 1. The summed E-state index contributed by atoms with van der Waals surface area (Å²) >= 11 is 0. The number of hydrogen-bond acceptors (Lipinski definition) is 1. The number of rotatable bonds is 2. The van der Waals surface area contributed by atoms with Gasteiger partial charge < -0.3 is 0 Å². The summed E-state index contributed by atoms with van der Waals surface area (Å²) in [5.41, 5.74) is 4.32. The van der Waals surface area contributed by atoms with Gasteiger partial charge in [0.15, 0.2) is 0 Å². The Morgan fingerprint density at radius 2 is 1.73 bits per heavy atom. The normalized spacial score (nSPS) is 15.6. The lowest BCUT2D eigenvalue weighted by molar-refractivity contribution is -0.137. The van der Waals surface area contributed by atoms with Crippen molar-refractivity contribution >= 4 is 0 Å². The largest absolute Gasteiger partial charge is 0.416 e. The van der Waals surface area contributed by atoms with Gasteiger partial charge in [0.2, 0.25) is 0 Å². The average molecular weight is 305 g/mol. The number of hydrogen-bond donors (Lipinski definition) is 0. The first kappa shape index (κ1) is 15.1. The van der Waals surface area contributed by atoms with Gasteiger partial charge in [-0.1, -0.05) is 35.9 Å². The SMILES string of the molecule is Cc1ccc2c(c1)CCN(Cc1ccc(C(F)(F)F)cc1)C2. The van der Waals surface area contributed by atoms with E-state index in [1.165, 1.54) is 16.7 Å². The fraction of sp³-hybridized carbons (Fsp3) is 0.333. The van der Waals surface area contributed by atoms with Crippen LogP contribution in [0.15, 0.2) is 42.5 Å². The highest BCUT2D eigenvalue weighted by Gasteiger charge is 2.30. The average Bonchev–Trinajstić information content (AvgIpc) is 2.47. The summed E-state index contributed by atoms with van der Waals surface area (Å²) in [6, 6.07) is 12.0. The molecule has 4 heteroatoms. The van der Waals surface area contributed by atoms with Crippen LogP contribution in [0.5, 0.6) is 0 Å². The van der Waals surface area contributed by atoms with Gasteiger partial charge in [-0.25, -0.2) is 0 Å². The molecule has 0 bridgehead atoms. The van der Waals surface area contributed by atoms with Crippen LogP contribution in [0, 0.1) is 6.92 Å². The standard InChI is InChI=1S/C18H18F3N/c1-13-2-5-16-12-22(9-8-15(16)10-13)11-14-3-6-17(7-4-14)18(19,20)21/h2-7,10H,8-9,11-12H2,1H3. The van der Waals surface area contributed by atoms with Gasteiger partial charge in [0.1, 0.15) is 0 Å². The molecular weight excluding hydrogens is 287 g/mol. The third-order valence-electron chi connectivity index (χ3n) is 4.14. The first-order chi connectivity index (χ1) is 10.4. The molecule has 3 rings (SSSR count). The molecule has 0 N–H and O–H groups in total. The van der Waals surface area contributed by atoms with Crippen molar-refractivity contribution in [3.63, 3.8) is 0 Å². The number of aryl methyl sites for hydroxylation is 1. The Hall–Kier alpha value is -1.81. The van der Waals surface area contributed by atoms with Gasteiger partial charge in [0.25, 0.3) is 0 Å². The van der Waals surface area contributed by atoms with E-state index in [-0.39, 0.29) is 0 Å². The van der Waals surface area contributed by atoms with Crippen molar-refractivity contribution in [3.05, 3.63) is 70.3 Å². The molecule has 2 aromatic carbocycles. The molecule has 0 fully saturated rings. The van der Waals surface area contributed by atoms with Crippen LogP contribution >= 0.6 is 0 Å². The molecule has 0 saturated heterocycles. The van der Waals surface area contributed by atoms with Crippen LogP contribution in [0.3, 0.4) is 0 Å². The predicted octanol–water partition coefficient (Wildman–Crippen LogP) is 4.57. The smallest absolute Gasteiger partial charge is 0.294 e. The van der Waals surface area contributed by atoms with Gasteiger partial charge in [0, 0.05) is 19.6 Å². The molecule has 1 heterocycles. The third kappa shape index (κ3) is 3.33. The monoisotopic (exact) mass is 305 g/mol. The maximum atomic E-state index is 12.6. The van der Waals surface area contributed by atoms with E-state index in [2.05, 4.69) is 30.0 Å². The summed E-state index contributed by atoms with van der Waals surface area (Å²) in [6.45, 7) is 4.58. The maximum absolute atomic E-state index is 12.6. The van der Waals surface area contributed by atoms with Crippen LogP contribution in [0.1, 0.15) is 27.8 Å². The summed E-state index contributed by atoms with van der Waals surface area (Å²) in [6.07, 6.45) is -3.27. The molecule has 2 aromatic rings. The number of alkyl halides is 3.